The van der Waals surface area contributed by atoms with E-state index in [4.69, 9.17) is 36.0 Å². The molecule has 0 heterocycles. The molecule has 0 aliphatic carbocycles. The smallest absolute Gasteiger partial charge is 0.462 e. The summed E-state index contributed by atoms with van der Waals surface area (Å²) in [6.07, 6.45) is 10.4. The minimum atomic E-state index is -2.42. The van der Waals surface area contributed by atoms with Crippen LogP contribution in [0.25, 0.3) is 0 Å². The topological polar surface area (TPSA) is 108 Å². The molecule has 0 aromatic heterocycles. The van der Waals surface area contributed by atoms with E-state index in [1.807, 2.05) is 0 Å². The third-order valence-electron chi connectivity index (χ3n) is 6.28. The lowest BCUT2D eigenvalue weighted by molar-refractivity contribution is -0.139. The van der Waals surface area contributed by atoms with Crippen LogP contribution in [0.15, 0.2) is 24.3 Å². The average Bonchev–Trinajstić information content (AvgIpc) is 2.96. The first-order valence-corrected chi connectivity index (χ1v) is 17.8. The quantitative estimate of drug-likeness (QED) is 0.0571. The third-order valence-corrected chi connectivity index (χ3v) is 11.9. The van der Waals surface area contributed by atoms with Crippen LogP contribution in [0.1, 0.15) is 78.1 Å². The van der Waals surface area contributed by atoms with Crippen molar-refractivity contribution in [2.24, 2.45) is 0 Å². The fourth-order valence-corrected chi connectivity index (χ4v) is 7.23. The van der Waals surface area contributed by atoms with Gasteiger partial charge in [0.05, 0.1) is 13.2 Å². The number of esters is 2. The van der Waals surface area contributed by atoms with E-state index in [0.717, 1.165) is 76.3 Å². The Balaban J connectivity index is 0. The maximum Gasteiger partial charge on any atom is 0.500 e. The Kier molecular flexibility index (Phi) is 25.8. The summed E-state index contributed by atoms with van der Waals surface area (Å²) in [5.74, 6) is -0.612. The van der Waals surface area contributed by atoms with Crippen LogP contribution in [0.2, 0.25) is 12.1 Å². The highest BCUT2D eigenvalue weighted by Gasteiger charge is 2.37. The Morgan fingerprint density at radius 3 is 0.975 bits per heavy atom. The van der Waals surface area contributed by atoms with Crippen LogP contribution >= 0.6 is 0 Å². The zero-order chi connectivity index (χ0) is 30.9. The minimum absolute atomic E-state index is 0.296. The van der Waals surface area contributed by atoms with Crippen molar-refractivity contribution in [2.45, 2.75) is 90.1 Å². The number of rotatable bonds is 24. The van der Waals surface area contributed by atoms with Crippen LogP contribution in [-0.4, -0.2) is 85.4 Å². The summed E-state index contributed by atoms with van der Waals surface area (Å²) in [5.41, 5.74) is 0.896. The van der Waals surface area contributed by atoms with Gasteiger partial charge in [-0.2, -0.15) is 0 Å². The van der Waals surface area contributed by atoms with E-state index in [1.165, 1.54) is 0 Å². The number of ether oxygens (including phenoxy) is 2. The summed E-state index contributed by atoms with van der Waals surface area (Å²) < 4.78 is 42.2. The average molecular weight is 609 g/mol. The van der Waals surface area contributed by atoms with Crippen LogP contribution in [0.4, 0.5) is 0 Å². The molecule has 0 aromatic carbocycles. The molecule has 10 nitrogen and oxygen atoms in total. The number of hydrogen-bond donors (Lipinski definition) is 0. The highest BCUT2D eigenvalue weighted by molar-refractivity contribution is 6.60. The van der Waals surface area contributed by atoms with Gasteiger partial charge in [-0.05, 0) is 39.5 Å². The van der Waals surface area contributed by atoms with Gasteiger partial charge in [-0.1, -0.05) is 51.7 Å². The van der Waals surface area contributed by atoms with Crippen molar-refractivity contribution in [3.8, 4) is 0 Å². The number of unbranched alkanes of at least 4 members (excludes halogenated alkanes) is 8. The Morgan fingerprint density at radius 2 is 0.725 bits per heavy atom. The lowest BCUT2D eigenvalue weighted by Crippen LogP contribution is -2.42. The highest BCUT2D eigenvalue weighted by Crippen LogP contribution is 2.19. The van der Waals surface area contributed by atoms with Crippen molar-refractivity contribution in [1.29, 1.82) is 0 Å². The molecular weight excluding hydrogens is 552 g/mol. The highest BCUT2D eigenvalue weighted by atomic mass is 28.4. The number of carbonyl (C=O) groups excluding carboxylic acids is 2. The van der Waals surface area contributed by atoms with E-state index in [2.05, 4.69) is 13.2 Å². The molecule has 0 rings (SSSR count). The third kappa shape index (κ3) is 19.6. The second kappa shape index (κ2) is 25.3. The second-order valence-electron chi connectivity index (χ2n) is 9.46. The number of carbonyl (C=O) groups is 2. The van der Waals surface area contributed by atoms with Crippen LogP contribution in [0.5, 0.6) is 0 Å². The molecule has 0 bridgehead atoms. The van der Waals surface area contributed by atoms with Crippen molar-refractivity contribution >= 4 is 29.5 Å². The fourth-order valence-electron chi connectivity index (χ4n) is 3.64. The second-order valence-corrected chi connectivity index (χ2v) is 15.6. The van der Waals surface area contributed by atoms with Gasteiger partial charge in [-0.15, -0.1) is 0 Å². The van der Waals surface area contributed by atoms with Crippen molar-refractivity contribution < 1.29 is 45.6 Å². The summed E-state index contributed by atoms with van der Waals surface area (Å²) >= 11 is 0. The Hall–Kier alpha value is -1.39. The van der Waals surface area contributed by atoms with E-state index < -0.39 is 17.6 Å². The van der Waals surface area contributed by atoms with Gasteiger partial charge in [0.25, 0.3) is 0 Å². The SMILES string of the molecule is C=C(C)C(=O)OCCCCCCCC[Si](OC)(OC)OC.C=C(C)C(=O)OCCCCCC[Si](OC)(OC)OC. The maximum absolute atomic E-state index is 11.1. The van der Waals surface area contributed by atoms with E-state index in [9.17, 15) is 9.59 Å². The van der Waals surface area contributed by atoms with Gasteiger partial charge < -0.3 is 36.0 Å². The molecule has 0 saturated heterocycles. The van der Waals surface area contributed by atoms with Crippen LogP contribution in [-0.2, 0) is 45.6 Å². The predicted molar refractivity (Wildman–Crippen MR) is 161 cm³/mol. The summed E-state index contributed by atoms with van der Waals surface area (Å²) in [7, 11) is 4.99. The first-order chi connectivity index (χ1) is 19.0. The number of hydrogen-bond acceptors (Lipinski definition) is 10. The van der Waals surface area contributed by atoms with Gasteiger partial charge in [0, 0.05) is 65.9 Å². The molecule has 0 saturated carbocycles. The predicted octanol–water partition coefficient (Wildman–Crippen LogP) is 5.87. The Morgan fingerprint density at radius 1 is 0.475 bits per heavy atom. The van der Waals surface area contributed by atoms with Gasteiger partial charge in [0.1, 0.15) is 0 Å². The van der Waals surface area contributed by atoms with Crippen molar-refractivity contribution in [3.05, 3.63) is 24.3 Å². The molecule has 0 aliphatic rings. The summed E-state index contributed by atoms with van der Waals surface area (Å²) in [4.78, 5) is 22.3. The first kappa shape index (κ1) is 40.8. The molecule has 0 spiro atoms. The van der Waals surface area contributed by atoms with E-state index in [0.29, 0.717) is 24.4 Å². The van der Waals surface area contributed by atoms with Gasteiger partial charge in [-0.25, -0.2) is 9.59 Å². The van der Waals surface area contributed by atoms with Crippen molar-refractivity contribution in [3.63, 3.8) is 0 Å². The van der Waals surface area contributed by atoms with Gasteiger partial charge in [0.15, 0.2) is 0 Å². The van der Waals surface area contributed by atoms with Gasteiger partial charge in [-0.3, -0.25) is 0 Å². The lowest BCUT2D eigenvalue weighted by Gasteiger charge is -2.24. The summed E-state index contributed by atoms with van der Waals surface area (Å²) in [5, 5.41) is 0. The zero-order valence-electron chi connectivity index (χ0n) is 26.4. The molecule has 0 atom stereocenters. The molecule has 0 unspecified atom stereocenters. The molecule has 0 amide bonds. The van der Waals surface area contributed by atoms with Gasteiger partial charge in [0.2, 0.25) is 0 Å². The van der Waals surface area contributed by atoms with Crippen LogP contribution in [0, 0.1) is 0 Å². The van der Waals surface area contributed by atoms with Crippen molar-refractivity contribution in [2.75, 3.05) is 55.9 Å². The van der Waals surface area contributed by atoms with E-state index in [-0.39, 0.29) is 11.9 Å². The van der Waals surface area contributed by atoms with E-state index >= 15 is 0 Å². The van der Waals surface area contributed by atoms with Crippen molar-refractivity contribution in [1.82, 2.24) is 0 Å². The summed E-state index contributed by atoms with van der Waals surface area (Å²) in [6.45, 7) is 11.3. The fraction of sp³-hybridized carbons (Fsp3) is 0.786. The Labute approximate surface area is 245 Å². The zero-order valence-corrected chi connectivity index (χ0v) is 28.4. The summed E-state index contributed by atoms with van der Waals surface area (Å²) in [6, 6.07) is 1.66. The van der Waals surface area contributed by atoms with Crippen LogP contribution in [0.3, 0.4) is 0 Å². The first-order valence-electron chi connectivity index (χ1n) is 14.0. The molecule has 40 heavy (non-hydrogen) atoms. The molecule has 12 heteroatoms. The molecule has 0 aliphatic heterocycles. The van der Waals surface area contributed by atoms with Gasteiger partial charge >= 0.3 is 29.5 Å². The monoisotopic (exact) mass is 608 g/mol. The molecule has 0 radical (unpaired) electrons. The molecule has 0 fully saturated rings. The minimum Gasteiger partial charge on any atom is -0.462 e. The standard InChI is InChI=1S/C15H30O5Si.C13H26O5Si/c1-14(2)15(16)20-12-10-8-6-7-9-11-13-21(17-3,18-4)19-5;1-12(2)13(14)18-10-8-6-7-9-11-19(15-3,16-4)17-5/h1,6-13H2,2-5H3;1,6-11H2,2-5H3. The molecule has 0 aromatic rings. The van der Waals surface area contributed by atoms with E-state index in [1.54, 1.807) is 56.5 Å². The normalized spacial score (nSPS) is 11.4. The lowest BCUT2D eigenvalue weighted by atomic mass is 10.1. The maximum atomic E-state index is 11.1. The molecular formula is C28H56O10Si2. The largest absolute Gasteiger partial charge is 0.500 e. The Bertz CT molecular complexity index is 678. The van der Waals surface area contributed by atoms with Crippen LogP contribution < -0.4 is 0 Å². The molecule has 0 N–H and O–H groups in total. The molecule has 236 valence electrons.